The van der Waals surface area contributed by atoms with Gasteiger partial charge in [-0.2, -0.15) is 17.2 Å². The maximum absolute atomic E-state index is 14.1. The van der Waals surface area contributed by atoms with Crippen LogP contribution in [0.4, 0.5) is 0 Å². The quantitative estimate of drug-likeness (QED) is 0.0194. The minimum absolute atomic E-state index is 0. The summed E-state index contributed by atoms with van der Waals surface area (Å²) >= 11 is 0. The minimum Gasteiger partial charge on any atom is -0.497 e. The Kier molecular flexibility index (Phi) is 57.5. The van der Waals surface area contributed by atoms with E-state index in [1.165, 1.54) is 17.2 Å². The van der Waals surface area contributed by atoms with Gasteiger partial charge in [0.2, 0.25) is 40.1 Å². The standard InChI is InChI=1S/4C27H37NO6S.3CH4/c4*1-7-8-21(4)26(17-27(29)34-20(2)3)35(30,31)28(18-22-9-13-24(32-5)14-10-22)19-23-11-15-25(33-6)16-12-23;;;/h4*7,9-16,20-21,26H,1,8,17-19H2,2-6H3;3*1H4/t2*21-,26+;2*21-,26-;;;/m1010.../s1. The van der Waals surface area contributed by atoms with Gasteiger partial charge in [-0.25, -0.2) is 33.7 Å². The van der Waals surface area contributed by atoms with E-state index in [0.717, 1.165) is 44.5 Å². The van der Waals surface area contributed by atoms with E-state index in [1.807, 2.05) is 125 Å². The number of carbonyl (C=O) groups is 4. The highest BCUT2D eigenvalue weighted by molar-refractivity contribution is 7.90. The van der Waals surface area contributed by atoms with Crippen molar-refractivity contribution in [2.45, 2.75) is 255 Å². The van der Waals surface area contributed by atoms with E-state index in [1.54, 1.807) is 234 Å². The molecule has 0 unspecified atom stereocenters. The Balaban J connectivity index is 0.000000640. The largest absolute Gasteiger partial charge is 0.497 e. The van der Waals surface area contributed by atoms with Gasteiger partial charge in [-0.05, 0) is 246 Å². The van der Waals surface area contributed by atoms with Crippen LogP contribution in [0, 0.1) is 23.7 Å². The molecule has 143 heavy (non-hydrogen) atoms. The van der Waals surface area contributed by atoms with Gasteiger partial charge in [0.05, 0.1) is 128 Å². The molecule has 792 valence electrons. The van der Waals surface area contributed by atoms with Crippen molar-refractivity contribution in [1.82, 2.24) is 17.2 Å². The van der Waals surface area contributed by atoms with E-state index in [0.29, 0.717) is 71.7 Å². The van der Waals surface area contributed by atoms with Gasteiger partial charge in [0, 0.05) is 52.4 Å². The van der Waals surface area contributed by atoms with Crippen molar-refractivity contribution < 1.29 is 110 Å². The molecule has 0 saturated heterocycles. The maximum atomic E-state index is 14.1. The third kappa shape index (κ3) is 42.8. The number of rotatable bonds is 56. The first-order valence-corrected chi connectivity index (χ1v) is 52.6. The fraction of sp³-hybridized carbons (Fsp3) is 0.459. The Morgan fingerprint density at radius 2 is 0.343 bits per heavy atom. The molecule has 0 radical (unpaired) electrons. The number of benzene rings is 8. The number of nitrogens with zero attached hydrogens (tertiary/aromatic N) is 4. The van der Waals surface area contributed by atoms with E-state index < -0.39 is 85.0 Å². The van der Waals surface area contributed by atoms with Crippen LogP contribution in [0.3, 0.4) is 0 Å². The number of hydrogen-bond donors (Lipinski definition) is 0. The van der Waals surface area contributed by atoms with Crippen LogP contribution in [0.25, 0.3) is 0 Å². The number of sulfonamides is 4. The third-order valence-electron chi connectivity index (χ3n) is 22.7. The van der Waals surface area contributed by atoms with Gasteiger partial charge in [-0.15, -0.1) is 26.3 Å². The minimum atomic E-state index is -3.92. The number of carbonyl (C=O) groups excluding carboxylic acids is 4. The van der Waals surface area contributed by atoms with E-state index in [-0.39, 0.29) is 148 Å². The summed E-state index contributed by atoms with van der Waals surface area (Å²) in [6.45, 7) is 37.5. The van der Waals surface area contributed by atoms with Crippen LogP contribution in [0.2, 0.25) is 0 Å². The highest BCUT2D eigenvalue weighted by Crippen LogP contribution is 2.35. The molecule has 0 amide bonds. The Bertz CT molecular complexity index is 4690. The summed E-state index contributed by atoms with van der Waals surface area (Å²) in [5, 5.41) is -3.82. The molecule has 0 saturated carbocycles. The Hall–Kier alpha value is -11.4. The Labute approximate surface area is 855 Å². The molecule has 0 fully saturated rings. The predicted molar refractivity (Wildman–Crippen MR) is 571 cm³/mol. The van der Waals surface area contributed by atoms with Crippen LogP contribution in [-0.4, -0.2) is 177 Å². The summed E-state index contributed by atoms with van der Waals surface area (Å²) in [6.07, 6.45) is 6.34. The van der Waals surface area contributed by atoms with Crippen LogP contribution in [0.15, 0.2) is 245 Å². The Morgan fingerprint density at radius 1 is 0.231 bits per heavy atom. The summed E-state index contributed by atoms with van der Waals surface area (Å²) in [5.74, 6) is 2.07. The second-order valence-electron chi connectivity index (χ2n) is 35.2. The van der Waals surface area contributed by atoms with Crippen molar-refractivity contribution in [2.75, 3.05) is 56.9 Å². The molecular formula is C111H160N4O24S4. The SMILES string of the molecule is C.C.C.C=CC[C@@H](C)[C@@H](CC(=O)OC(C)C)S(=O)(=O)N(Cc1ccc(OC)cc1)Cc1ccc(OC)cc1.C=CC[C@@H](C)[C@H](CC(=O)OC(C)C)S(=O)(=O)N(Cc1ccc(OC)cc1)Cc1ccc(OC)cc1.C=CC[C@H](C)[C@@H](CC(=O)OC(C)C)S(=O)(=O)N(Cc1ccc(OC)cc1)Cc1ccc(OC)cc1.C=CC[C@H](C)[C@H](CC(=O)OC(C)C)S(=O)(=O)N(Cc1ccc(OC)cc1)Cc1ccc(OC)cc1. The molecule has 0 bridgehead atoms. The summed E-state index contributed by atoms with van der Waals surface area (Å²) in [6, 6.07) is 58.2. The lowest BCUT2D eigenvalue weighted by molar-refractivity contribution is -0.148. The average molecular weight is 2060 g/mol. The molecular weight excluding hydrogens is 1900 g/mol. The highest BCUT2D eigenvalue weighted by Gasteiger charge is 2.43. The zero-order chi connectivity index (χ0) is 104. The van der Waals surface area contributed by atoms with Gasteiger partial charge in [0.25, 0.3) is 0 Å². The third-order valence-corrected chi connectivity index (χ3v) is 32.2. The molecule has 0 aliphatic carbocycles. The molecule has 8 rings (SSSR count). The van der Waals surface area contributed by atoms with Crippen molar-refractivity contribution in [3.8, 4) is 46.0 Å². The van der Waals surface area contributed by atoms with E-state index in [9.17, 15) is 52.8 Å². The van der Waals surface area contributed by atoms with Crippen molar-refractivity contribution in [3.63, 3.8) is 0 Å². The normalized spacial score (nSPS) is 13.1. The number of esters is 4. The summed E-state index contributed by atoms with van der Waals surface area (Å²) in [7, 11) is -3.04. The molecule has 8 atom stereocenters. The smallest absolute Gasteiger partial charge is 0.307 e. The van der Waals surface area contributed by atoms with Crippen LogP contribution in [0.1, 0.15) is 201 Å². The van der Waals surface area contributed by atoms with Gasteiger partial charge in [-0.1, -0.05) is 171 Å². The molecule has 28 nitrogen and oxygen atoms in total. The molecule has 0 spiro atoms. The van der Waals surface area contributed by atoms with Crippen molar-refractivity contribution in [2.24, 2.45) is 23.7 Å². The Morgan fingerprint density at radius 3 is 0.434 bits per heavy atom. The first-order chi connectivity index (χ1) is 66.4. The van der Waals surface area contributed by atoms with Crippen LogP contribution in [0.5, 0.6) is 46.0 Å². The summed E-state index contributed by atoms with van der Waals surface area (Å²) in [5.41, 5.74) is 6.46. The molecule has 8 aromatic carbocycles. The van der Waals surface area contributed by atoms with Gasteiger partial charge in [0.1, 0.15) is 46.0 Å². The van der Waals surface area contributed by atoms with Gasteiger partial charge < -0.3 is 56.8 Å². The number of hydrogen-bond acceptors (Lipinski definition) is 24. The van der Waals surface area contributed by atoms with Gasteiger partial charge in [0.15, 0.2) is 0 Å². The van der Waals surface area contributed by atoms with Gasteiger partial charge in [-0.3, -0.25) is 19.2 Å². The van der Waals surface area contributed by atoms with E-state index >= 15 is 0 Å². The fourth-order valence-electron chi connectivity index (χ4n) is 15.1. The van der Waals surface area contributed by atoms with Crippen molar-refractivity contribution in [3.05, 3.63) is 289 Å². The lowest BCUT2D eigenvalue weighted by Gasteiger charge is -2.30. The zero-order valence-electron chi connectivity index (χ0n) is 85.1. The van der Waals surface area contributed by atoms with Crippen LogP contribution < -0.4 is 37.9 Å². The predicted octanol–water partition coefficient (Wildman–Crippen LogP) is 21.7. The first kappa shape index (κ1) is 128. The first-order valence-electron chi connectivity index (χ1n) is 46.6. The van der Waals surface area contributed by atoms with Crippen LogP contribution >= 0.6 is 0 Å². The van der Waals surface area contributed by atoms with E-state index in [2.05, 4.69) is 26.3 Å². The van der Waals surface area contributed by atoms with E-state index in [4.69, 9.17) is 56.8 Å². The average Bonchev–Trinajstić information content (AvgIpc) is 0.806. The molecule has 0 N–H and O–H groups in total. The van der Waals surface area contributed by atoms with Crippen molar-refractivity contribution >= 4 is 64.0 Å². The topological polar surface area (TPSA) is 329 Å². The number of ether oxygens (including phenoxy) is 12. The second kappa shape index (κ2) is 64.4. The molecule has 8 aromatic rings. The van der Waals surface area contributed by atoms with Gasteiger partial charge >= 0.3 is 23.9 Å². The monoisotopic (exact) mass is 2060 g/mol. The maximum Gasteiger partial charge on any atom is 0.307 e. The zero-order valence-corrected chi connectivity index (χ0v) is 88.3. The molecule has 0 aromatic heterocycles. The van der Waals surface area contributed by atoms with Crippen molar-refractivity contribution in [1.29, 1.82) is 0 Å². The lowest BCUT2D eigenvalue weighted by atomic mass is 10.0. The summed E-state index contributed by atoms with van der Waals surface area (Å²) < 4.78 is 181. The fourth-order valence-corrected chi connectivity index (χ4v) is 23.5. The molecule has 0 heterocycles. The molecule has 0 aliphatic rings. The molecule has 32 heteroatoms. The highest BCUT2D eigenvalue weighted by atomic mass is 32.2. The molecule has 0 aliphatic heterocycles. The number of methoxy groups -OCH3 is 8. The summed E-state index contributed by atoms with van der Waals surface area (Å²) in [4.78, 5) is 50.2. The number of allylic oxidation sites excluding steroid dienone is 4. The lowest BCUT2D eigenvalue weighted by Crippen LogP contribution is -2.42. The van der Waals surface area contributed by atoms with Crippen LogP contribution in [-0.2, 0) is 131 Å². The second-order valence-corrected chi connectivity index (χ2v) is 43.8.